The summed E-state index contributed by atoms with van der Waals surface area (Å²) >= 11 is 0. The first kappa shape index (κ1) is 14.2. The van der Waals surface area contributed by atoms with Crippen molar-refractivity contribution in [2.24, 2.45) is 0 Å². The smallest absolute Gasteiger partial charge is 0.231 e. The van der Waals surface area contributed by atoms with Crippen LogP contribution in [0.15, 0.2) is 54.7 Å². The van der Waals surface area contributed by atoms with Crippen molar-refractivity contribution >= 4 is 22.5 Å². The zero-order chi connectivity index (χ0) is 15.5. The molecule has 3 rings (SSSR count). The first-order valence-electron chi connectivity index (χ1n) is 7.14. The van der Waals surface area contributed by atoms with E-state index in [1.165, 1.54) is 0 Å². The molecule has 0 saturated heterocycles. The Hall–Kier alpha value is -2.75. The van der Waals surface area contributed by atoms with E-state index in [4.69, 9.17) is 4.74 Å². The molecule has 0 aliphatic heterocycles. The van der Waals surface area contributed by atoms with Crippen molar-refractivity contribution in [2.75, 3.05) is 19.1 Å². The summed E-state index contributed by atoms with van der Waals surface area (Å²) < 4.78 is 5.26. The van der Waals surface area contributed by atoms with E-state index in [9.17, 15) is 4.79 Å². The Kier molecular flexibility index (Phi) is 3.83. The van der Waals surface area contributed by atoms with Crippen LogP contribution in [0, 0.1) is 0 Å². The maximum atomic E-state index is 12.5. The fraction of sp³-hybridized carbons (Fsp3) is 0.167. The third-order valence-electron chi connectivity index (χ3n) is 3.83. The predicted molar refractivity (Wildman–Crippen MR) is 88.4 cm³/mol. The van der Waals surface area contributed by atoms with Gasteiger partial charge in [0.05, 0.1) is 13.5 Å². The minimum absolute atomic E-state index is 0.0509. The van der Waals surface area contributed by atoms with E-state index in [0.29, 0.717) is 6.42 Å². The van der Waals surface area contributed by atoms with E-state index < -0.39 is 0 Å². The normalized spacial score (nSPS) is 10.6. The summed E-state index contributed by atoms with van der Waals surface area (Å²) in [6.45, 7) is 0. The molecule has 0 spiro atoms. The number of likely N-dealkylation sites (N-methyl/N-ethyl adjacent to an activating group) is 1. The Balaban J connectivity index is 1.85. The molecule has 4 heteroatoms. The number of H-pyrrole nitrogens is 1. The number of nitrogens with one attached hydrogen (secondary N) is 1. The van der Waals surface area contributed by atoms with Crippen molar-refractivity contribution in [3.8, 4) is 5.75 Å². The lowest BCUT2D eigenvalue weighted by molar-refractivity contribution is -0.117. The number of fused-ring (bicyclic) bond motifs is 1. The molecule has 0 atom stereocenters. The van der Waals surface area contributed by atoms with Crippen LogP contribution in [0.25, 0.3) is 10.9 Å². The summed E-state index contributed by atoms with van der Waals surface area (Å²) in [6, 6.07) is 15.5. The lowest BCUT2D eigenvalue weighted by Crippen LogP contribution is -2.27. The number of ether oxygens (including phenoxy) is 1. The van der Waals surface area contributed by atoms with Crippen molar-refractivity contribution in [1.29, 1.82) is 0 Å². The molecular weight excluding hydrogens is 276 g/mol. The van der Waals surface area contributed by atoms with E-state index in [1.807, 2.05) is 54.7 Å². The highest BCUT2D eigenvalue weighted by atomic mass is 16.5. The quantitative estimate of drug-likeness (QED) is 0.801. The average Bonchev–Trinajstić information content (AvgIpc) is 2.97. The molecule has 3 aromatic rings. The highest BCUT2D eigenvalue weighted by Gasteiger charge is 2.14. The summed E-state index contributed by atoms with van der Waals surface area (Å²) in [4.78, 5) is 17.4. The Morgan fingerprint density at radius 2 is 1.95 bits per heavy atom. The molecule has 0 aliphatic carbocycles. The number of carbonyl (C=O) groups excluding carboxylic acids is 1. The zero-order valence-electron chi connectivity index (χ0n) is 12.7. The monoisotopic (exact) mass is 294 g/mol. The third-order valence-corrected chi connectivity index (χ3v) is 3.83. The molecule has 0 saturated carbocycles. The number of hydrogen-bond acceptors (Lipinski definition) is 2. The number of rotatable bonds is 4. The molecule has 0 radical (unpaired) electrons. The standard InChI is InChI=1S/C18H18N2O2/c1-20(14-6-4-3-5-7-14)18(21)10-13-12-19-17-9-8-15(22-2)11-16(13)17/h3-9,11-12,19H,10H2,1-2H3. The summed E-state index contributed by atoms with van der Waals surface area (Å²) in [6.07, 6.45) is 2.24. The molecule has 2 aromatic carbocycles. The fourth-order valence-corrected chi connectivity index (χ4v) is 2.51. The molecule has 22 heavy (non-hydrogen) atoms. The fourth-order valence-electron chi connectivity index (χ4n) is 2.51. The largest absolute Gasteiger partial charge is 0.497 e. The van der Waals surface area contributed by atoms with Crippen LogP contribution in [-0.2, 0) is 11.2 Å². The molecule has 112 valence electrons. The van der Waals surface area contributed by atoms with Crippen LogP contribution in [0.2, 0.25) is 0 Å². The maximum absolute atomic E-state index is 12.5. The van der Waals surface area contributed by atoms with Gasteiger partial charge in [0.1, 0.15) is 5.75 Å². The van der Waals surface area contributed by atoms with Crippen LogP contribution in [0.1, 0.15) is 5.56 Å². The van der Waals surface area contributed by atoms with Gasteiger partial charge < -0.3 is 14.6 Å². The van der Waals surface area contributed by atoms with Gasteiger partial charge in [-0.2, -0.15) is 0 Å². The number of nitrogens with zero attached hydrogens (tertiary/aromatic N) is 1. The molecule has 4 nitrogen and oxygen atoms in total. The number of hydrogen-bond donors (Lipinski definition) is 1. The Morgan fingerprint density at radius 3 is 2.68 bits per heavy atom. The molecule has 1 heterocycles. The lowest BCUT2D eigenvalue weighted by Gasteiger charge is -2.17. The molecule has 1 amide bonds. The molecule has 0 bridgehead atoms. The van der Waals surface area contributed by atoms with Gasteiger partial charge in [-0.05, 0) is 35.9 Å². The van der Waals surface area contributed by atoms with Gasteiger partial charge >= 0.3 is 0 Å². The first-order chi connectivity index (χ1) is 10.7. The Bertz CT molecular complexity index is 793. The number of amides is 1. The van der Waals surface area contributed by atoms with E-state index in [1.54, 1.807) is 19.1 Å². The van der Waals surface area contributed by atoms with Crippen molar-refractivity contribution < 1.29 is 9.53 Å². The van der Waals surface area contributed by atoms with Crippen LogP contribution >= 0.6 is 0 Å². The number of methoxy groups -OCH3 is 1. The molecule has 0 aliphatic rings. The van der Waals surface area contributed by atoms with Crippen molar-refractivity contribution in [2.45, 2.75) is 6.42 Å². The SMILES string of the molecule is COc1ccc2[nH]cc(CC(=O)N(C)c3ccccc3)c2c1. The van der Waals surface area contributed by atoms with Gasteiger partial charge in [0.15, 0.2) is 0 Å². The van der Waals surface area contributed by atoms with Gasteiger partial charge in [0.25, 0.3) is 0 Å². The molecule has 0 unspecified atom stereocenters. The second kappa shape index (κ2) is 5.93. The summed E-state index contributed by atoms with van der Waals surface area (Å²) in [5, 5.41) is 1.02. The minimum atomic E-state index is 0.0509. The number of aromatic amines is 1. The van der Waals surface area contributed by atoms with Gasteiger partial charge in [-0.25, -0.2) is 0 Å². The first-order valence-corrected chi connectivity index (χ1v) is 7.14. The molecule has 1 aromatic heterocycles. The van der Waals surface area contributed by atoms with E-state index in [-0.39, 0.29) is 5.91 Å². The second-order valence-corrected chi connectivity index (χ2v) is 5.19. The number of para-hydroxylation sites is 1. The van der Waals surface area contributed by atoms with E-state index >= 15 is 0 Å². The summed E-state index contributed by atoms with van der Waals surface area (Å²) in [7, 11) is 3.44. The van der Waals surface area contributed by atoms with Crippen LogP contribution < -0.4 is 9.64 Å². The van der Waals surface area contributed by atoms with Gasteiger partial charge in [-0.1, -0.05) is 18.2 Å². The number of carbonyl (C=O) groups is 1. The zero-order valence-corrected chi connectivity index (χ0v) is 12.7. The summed E-state index contributed by atoms with van der Waals surface area (Å²) in [5.74, 6) is 0.840. The molecular formula is C18H18N2O2. The van der Waals surface area contributed by atoms with Crippen molar-refractivity contribution in [3.63, 3.8) is 0 Å². The topological polar surface area (TPSA) is 45.3 Å². The predicted octanol–water partition coefficient (Wildman–Crippen LogP) is 3.38. The van der Waals surface area contributed by atoms with E-state index in [0.717, 1.165) is 27.9 Å². The van der Waals surface area contributed by atoms with Crippen LogP contribution in [0.5, 0.6) is 5.75 Å². The Labute approximate surface area is 129 Å². The second-order valence-electron chi connectivity index (χ2n) is 5.19. The maximum Gasteiger partial charge on any atom is 0.231 e. The molecule has 1 N–H and O–H groups in total. The van der Waals surface area contributed by atoms with Gasteiger partial charge in [-0.15, -0.1) is 0 Å². The molecule has 0 fully saturated rings. The summed E-state index contributed by atoms with van der Waals surface area (Å²) in [5.41, 5.74) is 2.87. The van der Waals surface area contributed by atoms with Gasteiger partial charge in [-0.3, -0.25) is 4.79 Å². The van der Waals surface area contributed by atoms with Crippen LogP contribution in [0.4, 0.5) is 5.69 Å². The number of aromatic nitrogens is 1. The van der Waals surface area contributed by atoms with Crippen LogP contribution in [0.3, 0.4) is 0 Å². The Morgan fingerprint density at radius 1 is 1.18 bits per heavy atom. The lowest BCUT2D eigenvalue weighted by atomic mass is 10.1. The minimum Gasteiger partial charge on any atom is -0.497 e. The van der Waals surface area contributed by atoms with Crippen molar-refractivity contribution in [3.05, 3.63) is 60.3 Å². The van der Waals surface area contributed by atoms with E-state index in [2.05, 4.69) is 4.98 Å². The van der Waals surface area contributed by atoms with Gasteiger partial charge in [0, 0.05) is 29.8 Å². The third kappa shape index (κ3) is 2.68. The van der Waals surface area contributed by atoms with Crippen LogP contribution in [-0.4, -0.2) is 25.0 Å². The average molecular weight is 294 g/mol. The number of anilines is 1. The highest BCUT2D eigenvalue weighted by molar-refractivity contribution is 5.97. The van der Waals surface area contributed by atoms with Crippen molar-refractivity contribution in [1.82, 2.24) is 4.98 Å². The van der Waals surface area contributed by atoms with Gasteiger partial charge in [0.2, 0.25) is 5.91 Å². The highest BCUT2D eigenvalue weighted by Crippen LogP contribution is 2.24. The number of benzene rings is 2.